The lowest BCUT2D eigenvalue weighted by molar-refractivity contribution is 0.0625. The van der Waals surface area contributed by atoms with Gasteiger partial charge in [-0.05, 0) is 68.2 Å². The van der Waals surface area contributed by atoms with Crippen LogP contribution < -0.4 is 0 Å². The summed E-state index contributed by atoms with van der Waals surface area (Å²) in [6, 6.07) is 0. The summed E-state index contributed by atoms with van der Waals surface area (Å²) in [7, 11) is -7.19. The summed E-state index contributed by atoms with van der Waals surface area (Å²) < 4.78 is 56.8. The van der Waals surface area contributed by atoms with E-state index in [0.717, 1.165) is 0 Å². The van der Waals surface area contributed by atoms with Crippen LogP contribution in [0.2, 0.25) is 0 Å². The fourth-order valence-corrected chi connectivity index (χ4v) is 4.87. The molecule has 8 nitrogen and oxygen atoms in total. The largest absolute Gasteiger partial charge is 0.475 e. The van der Waals surface area contributed by atoms with Crippen molar-refractivity contribution in [3.63, 3.8) is 0 Å². The molecule has 0 saturated heterocycles. The van der Waals surface area contributed by atoms with E-state index in [2.05, 4.69) is 0 Å². The van der Waals surface area contributed by atoms with Gasteiger partial charge in [-0.1, -0.05) is 0 Å². The van der Waals surface area contributed by atoms with Crippen LogP contribution >= 0.6 is 15.6 Å². The Labute approximate surface area is 158 Å². The van der Waals surface area contributed by atoms with E-state index in [-0.39, 0.29) is 37.6 Å². The molecule has 0 unspecified atom stereocenters. The Balaban J connectivity index is 4.33. The monoisotopic (exact) mass is 418 g/mol. The van der Waals surface area contributed by atoms with Crippen LogP contribution in [-0.4, -0.2) is 37.6 Å². The zero-order chi connectivity index (χ0) is 20.4. The molecule has 0 spiro atoms. The van der Waals surface area contributed by atoms with Crippen molar-refractivity contribution in [2.24, 2.45) is 0 Å². The summed E-state index contributed by atoms with van der Waals surface area (Å²) in [4.78, 5) is 0. The smallest absolute Gasteiger partial charge is 0.287 e. The summed E-state index contributed by atoms with van der Waals surface area (Å²) >= 11 is 0. The molecule has 0 aromatic heterocycles. The van der Waals surface area contributed by atoms with Crippen molar-refractivity contribution in [2.75, 3.05) is 13.2 Å². The van der Waals surface area contributed by atoms with E-state index >= 15 is 0 Å². The quantitative estimate of drug-likeness (QED) is 0.247. The van der Waals surface area contributed by atoms with E-state index in [1.165, 1.54) is 0 Å². The third kappa shape index (κ3) is 13.4. The molecule has 0 aliphatic carbocycles. The van der Waals surface area contributed by atoms with Gasteiger partial charge in [-0.2, -0.15) is 0 Å². The maximum Gasteiger partial charge on any atom is 0.475 e. The molecule has 0 N–H and O–H groups in total. The minimum absolute atomic E-state index is 0.167. The SMILES string of the molecule is CC(C)OP(=O)(OCCCCOP(=O)(OC(C)C)OC(C)C)OC(C)C. The van der Waals surface area contributed by atoms with Gasteiger partial charge in [-0.25, -0.2) is 9.13 Å². The number of hydrogen-bond donors (Lipinski definition) is 0. The molecule has 158 valence electrons. The van der Waals surface area contributed by atoms with Gasteiger partial charge in [0.15, 0.2) is 0 Å². The van der Waals surface area contributed by atoms with Crippen molar-refractivity contribution >= 4 is 15.6 Å². The minimum atomic E-state index is -3.60. The molecule has 0 fully saturated rings. The molecule has 0 amide bonds. The average molecular weight is 418 g/mol. The van der Waals surface area contributed by atoms with Crippen molar-refractivity contribution < 1.29 is 36.3 Å². The summed E-state index contributed by atoms with van der Waals surface area (Å²) in [5.74, 6) is 0. The van der Waals surface area contributed by atoms with Crippen molar-refractivity contribution in [3.8, 4) is 0 Å². The van der Waals surface area contributed by atoms with Gasteiger partial charge < -0.3 is 0 Å². The minimum Gasteiger partial charge on any atom is -0.287 e. The lowest BCUT2D eigenvalue weighted by Gasteiger charge is -2.22. The third-order valence-corrected chi connectivity index (χ3v) is 6.11. The van der Waals surface area contributed by atoms with Gasteiger partial charge in [0.2, 0.25) is 0 Å². The van der Waals surface area contributed by atoms with Gasteiger partial charge in [0.1, 0.15) is 0 Å². The van der Waals surface area contributed by atoms with E-state index in [0.29, 0.717) is 12.8 Å². The van der Waals surface area contributed by atoms with E-state index < -0.39 is 15.6 Å². The van der Waals surface area contributed by atoms with Crippen LogP contribution in [0, 0.1) is 0 Å². The maximum absolute atomic E-state index is 12.5. The van der Waals surface area contributed by atoms with Crippen LogP contribution in [0.25, 0.3) is 0 Å². The fraction of sp³-hybridized carbons (Fsp3) is 1.00. The Morgan fingerprint density at radius 3 is 0.962 bits per heavy atom. The molecule has 0 aliphatic heterocycles. The predicted molar refractivity (Wildman–Crippen MR) is 101 cm³/mol. The molecular formula is C16H36O8P2. The molecule has 0 aliphatic rings. The summed E-state index contributed by atoms with van der Waals surface area (Å²) in [6.07, 6.45) is -0.0809. The van der Waals surface area contributed by atoms with Crippen LogP contribution in [0.15, 0.2) is 0 Å². The summed E-state index contributed by atoms with van der Waals surface area (Å²) in [6.45, 7) is 14.4. The highest BCUT2D eigenvalue weighted by Crippen LogP contribution is 2.52. The van der Waals surface area contributed by atoms with Crippen molar-refractivity contribution in [3.05, 3.63) is 0 Å². The van der Waals surface area contributed by atoms with E-state index in [1.807, 2.05) is 0 Å². The van der Waals surface area contributed by atoms with Gasteiger partial charge in [0.05, 0.1) is 37.6 Å². The first kappa shape index (κ1) is 26.2. The normalized spacial score (nSPS) is 13.5. The van der Waals surface area contributed by atoms with E-state index in [9.17, 15) is 9.13 Å². The Kier molecular flexibility index (Phi) is 12.7. The van der Waals surface area contributed by atoms with Gasteiger partial charge in [0, 0.05) is 0 Å². The van der Waals surface area contributed by atoms with Crippen molar-refractivity contribution in [1.29, 1.82) is 0 Å². The molecule has 0 aromatic carbocycles. The summed E-state index contributed by atoms with van der Waals surface area (Å²) in [5, 5.41) is 0. The predicted octanol–water partition coefficient (Wildman–Crippen LogP) is 5.72. The molecule has 10 heteroatoms. The first-order valence-electron chi connectivity index (χ1n) is 9.10. The topological polar surface area (TPSA) is 89.5 Å². The van der Waals surface area contributed by atoms with Gasteiger partial charge in [-0.15, -0.1) is 0 Å². The second-order valence-electron chi connectivity index (χ2n) is 6.88. The lowest BCUT2D eigenvalue weighted by atomic mass is 10.3. The average Bonchev–Trinajstić information content (AvgIpc) is 2.38. The first-order chi connectivity index (χ1) is 11.9. The fourth-order valence-electron chi connectivity index (χ4n) is 1.76. The first-order valence-corrected chi connectivity index (χ1v) is 12.0. The molecule has 26 heavy (non-hydrogen) atoms. The second-order valence-corrected chi connectivity index (χ2v) is 10.0. The van der Waals surface area contributed by atoms with E-state index in [4.69, 9.17) is 27.1 Å². The molecule has 0 saturated carbocycles. The van der Waals surface area contributed by atoms with Gasteiger partial charge in [0.25, 0.3) is 0 Å². The standard InChI is InChI=1S/C16H36O8P2/c1-13(2)21-25(17,22-14(3)4)19-11-9-10-12-20-26(18,23-15(5)6)24-16(7)8/h13-16H,9-12H2,1-8H3. The lowest BCUT2D eigenvalue weighted by Crippen LogP contribution is -2.12. The van der Waals surface area contributed by atoms with Crippen LogP contribution in [-0.2, 0) is 36.3 Å². The highest BCUT2D eigenvalue weighted by molar-refractivity contribution is 7.48. The highest BCUT2D eigenvalue weighted by atomic mass is 31.2. The van der Waals surface area contributed by atoms with Crippen molar-refractivity contribution in [1.82, 2.24) is 0 Å². The highest BCUT2D eigenvalue weighted by Gasteiger charge is 2.30. The number of unbranched alkanes of at least 4 members (excludes halogenated alkanes) is 1. The molecular weight excluding hydrogens is 382 g/mol. The van der Waals surface area contributed by atoms with Crippen LogP contribution in [0.3, 0.4) is 0 Å². The Morgan fingerprint density at radius 1 is 0.538 bits per heavy atom. The Morgan fingerprint density at radius 2 is 0.769 bits per heavy atom. The molecule has 0 bridgehead atoms. The molecule has 0 rings (SSSR count). The zero-order valence-electron chi connectivity index (χ0n) is 17.3. The second kappa shape index (κ2) is 12.6. The number of rotatable bonds is 15. The Hall–Kier alpha value is 0.220. The molecule has 0 radical (unpaired) electrons. The van der Waals surface area contributed by atoms with Crippen molar-refractivity contribution in [2.45, 2.75) is 92.6 Å². The van der Waals surface area contributed by atoms with Crippen LogP contribution in [0.5, 0.6) is 0 Å². The third-order valence-electron chi connectivity index (χ3n) is 2.40. The Bertz CT molecular complexity index is 395. The maximum atomic E-state index is 12.5. The molecule has 0 heterocycles. The van der Waals surface area contributed by atoms with Gasteiger partial charge >= 0.3 is 15.6 Å². The van der Waals surface area contributed by atoms with Crippen LogP contribution in [0.1, 0.15) is 68.2 Å². The molecule has 0 aromatic rings. The zero-order valence-corrected chi connectivity index (χ0v) is 19.1. The van der Waals surface area contributed by atoms with Crippen LogP contribution in [0.4, 0.5) is 0 Å². The number of phosphoric ester groups is 2. The molecule has 0 atom stereocenters. The number of phosphoric acid groups is 2. The van der Waals surface area contributed by atoms with Gasteiger partial charge in [-0.3, -0.25) is 27.1 Å². The van der Waals surface area contributed by atoms with E-state index in [1.54, 1.807) is 55.4 Å². The number of hydrogen-bond acceptors (Lipinski definition) is 8. The summed E-state index contributed by atoms with van der Waals surface area (Å²) in [5.41, 5.74) is 0.